The van der Waals surface area contributed by atoms with Crippen LogP contribution in [0.4, 0.5) is 5.82 Å². The maximum Gasteiger partial charge on any atom is 0.228 e. The number of amides is 2. The maximum atomic E-state index is 13.0. The van der Waals surface area contributed by atoms with Crippen molar-refractivity contribution in [2.24, 2.45) is 5.92 Å². The Morgan fingerprint density at radius 2 is 1.73 bits per heavy atom. The Morgan fingerprint density at radius 1 is 1.03 bits per heavy atom. The van der Waals surface area contributed by atoms with Crippen LogP contribution in [0, 0.1) is 5.92 Å². The molecule has 7 nitrogen and oxygen atoms in total. The highest BCUT2D eigenvalue weighted by molar-refractivity contribution is 5.89. The number of aromatic nitrogens is 2. The van der Waals surface area contributed by atoms with Crippen molar-refractivity contribution in [2.45, 2.75) is 32.7 Å². The van der Waals surface area contributed by atoms with Crippen molar-refractivity contribution in [1.82, 2.24) is 19.8 Å². The minimum Gasteiger partial charge on any atom is -0.353 e. The van der Waals surface area contributed by atoms with Crippen LogP contribution in [0.2, 0.25) is 0 Å². The fourth-order valence-corrected chi connectivity index (χ4v) is 4.22. The number of carbonyl (C=O) groups is 2. The average molecular weight is 408 g/mol. The molecule has 0 bridgehead atoms. The van der Waals surface area contributed by atoms with Gasteiger partial charge in [-0.1, -0.05) is 30.3 Å². The van der Waals surface area contributed by atoms with E-state index in [1.807, 2.05) is 67.0 Å². The number of nitrogens with zero attached hydrogens (tertiary/aromatic N) is 5. The minimum atomic E-state index is -0.242. The fraction of sp³-hybridized carbons (Fsp3) is 0.478. The highest BCUT2D eigenvalue weighted by atomic mass is 16.2. The predicted octanol–water partition coefficient (Wildman–Crippen LogP) is 2.44. The molecular weight excluding hydrogens is 378 g/mol. The van der Waals surface area contributed by atoms with E-state index in [0.717, 1.165) is 30.2 Å². The Labute approximate surface area is 177 Å². The Hall–Kier alpha value is -2.96. The molecule has 3 heterocycles. The largest absolute Gasteiger partial charge is 0.353 e. The van der Waals surface area contributed by atoms with E-state index in [1.165, 1.54) is 0 Å². The summed E-state index contributed by atoms with van der Waals surface area (Å²) in [6.07, 6.45) is 1.92. The zero-order valence-electron chi connectivity index (χ0n) is 17.9. The second-order valence-corrected chi connectivity index (χ2v) is 9.02. The van der Waals surface area contributed by atoms with Crippen LogP contribution in [-0.4, -0.2) is 69.8 Å². The number of hydrogen-bond donors (Lipinski definition) is 0. The molecule has 4 rings (SSSR count). The molecule has 2 amide bonds. The van der Waals surface area contributed by atoms with E-state index < -0.39 is 0 Å². The van der Waals surface area contributed by atoms with Gasteiger partial charge in [0.05, 0.1) is 11.6 Å². The second-order valence-electron chi connectivity index (χ2n) is 9.02. The number of carbonyl (C=O) groups excluding carboxylic acids is 2. The van der Waals surface area contributed by atoms with Crippen LogP contribution >= 0.6 is 0 Å². The number of hydrogen-bond acceptors (Lipinski definition) is 5. The third-order valence-corrected chi connectivity index (χ3v) is 5.92. The van der Waals surface area contributed by atoms with Gasteiger partial charge in [-0.2, -0.15) is 0 Å². The zero-order chi connectivity index (χ0) is 21.3. The Morgan fingerprint density at radius 3 is 2.37 bits per heavy atom. The molecule has 2 saturated heterocycles. The molecule has 30 heavy (non-hydrogen) atoms. The lowest BCUT2D eigenvalue weighted by Crippen LogP contribution is -2.51. The van der Waals surface area contributed by atoms with Crippen molar-refractivity contribution in [2.75, 3.05) is 37.6 Å². The van der Waals surface area contributed by atoms with Crippen molar-refractivity contribution in [3.63, 3.8) is 0 Å². The summed E-state index contributed by atoms with van der Waals surface area (Å²) < 4.78 is 0. The molecule has 2 aromatic rings. The lowest BCUT2D eigenvalue weighted by molar-refractivity contribution is -0.136. The minimum absolute atomic E-state index is 0.0777. The molecule has 1 aromatic carbocycles. The van der Waals surface area contributed by atoms with Crippen LogP contribution in [0.25, 0.3) is 11.3 Å². The highest BCUT2D eigenvalue weighted by Gasteiger charge is 2.41. The molecular formula is C23H29N5O2. The van der Waals surface area contributed by atoms with Gasteiger partial charge < -0.3 is 14.7 Å². The SMILES string of the molecule is CC(C)(C)N1CC(C(=O)N2CCN(c3cc(-c4ccccc4)ncn3)CC2)CC1=O. The smallest absolute Gasteiger partial charge is 0.228 e. The number of anilines is 1. The number of likely N-dealkylation sites (tertiary alicyclic amines) is 1. The van der Waals surface area contributed by atoms with Gasteiger partial charge in [-0.3, -0.25) is 9.59 Å². The first kappa shape index (κ1) is 20.3. The summed E-state index contributed by atoms with van der Waals surface area (Å²) in [5.74, 6) is 0.828. The predicted molar refractivity (Wildman–Crippen MR) is 116 cm³/mol. The van der Waals surface area contributed by atoms with Crippen LogP contribution in [-0.2, 0) is 9.59 Å². The summed E-state index contributed by atoms with van der Waals surface area (Å²) in [6, 6.07) is 12.1. The van der Waals surface area contributed by atoms with E-state index in [1.54, 1.807) is 6.33 Å². The van der Waals surface area contributed by atoms with Gasteiger partial charge in [0.25, 0.3) is 0 Å². The number of rotatable bonds is 3. The highest BCUT2D eigenvalue weighted by Crippen LogP contribution is 2.28. The maximum absolute atomic E-state index is 13.0. The average Bonchev–Trinajstić information content (AvgIpc) is 3.16. The van der Waals surface area contributed by atoms with Crippen LogP contribution in [0.5, 0.6) is 0 Å². The van der Waals surface area contributed by atoms with E-state index in [0.29, 0.717) is 26.1 Å². The fourth-order valence-electron chi connectivity index (χ4n) is 4.22. The van der Waals surface area contributed by atoms with Crippen LogP contribution < -0.4 is 4.90 Å². The topological polar surface area (TPSA) is 69.6 Å². The molecule has 0 radical (unpaired) electrons. The monoisotopic (exact) mass is 407 g/mol. The molecule has 2 aliphatic rings. The quantitative estimate of drug-likeness (QED) is 0.782. The van der Waals surface area contributed by atoms with Gasteiger partial charge in [-0.05, 0) is 20.8 Å². The second kappa shape index (κ2) is 8.05. The Kier molecular flexibility index (Phi) is 5.45. The lowest BCUT2D eigenvalue weighted by atomic mass is 10.1. The van der Waals surface area contributed by atoms with Gasteiger partial charge in [0.1, 0.15) is 12.1 Å². The summed E-state index contributed by atoms with van der Waals surface area (Å²) in [4.78, 5) is 40.1. The summed E-state index contributed by atoms with van der Waals surface area (Å²) in [5.41, 5.74) is 1.71. The van der Waals surface area contributed by atoms with Gasteiger partial charge in [-0.15, -0.1) is 0 Å². The first-order valence-electron chi connectivity index (χ1n) is 10.5. The number of benzene rings is 1. The summed E-state index contributed by atoms with van der Waals surface area (Å²) >= 11 is 0. The first-order valence-corrected chi connectivity index (χ1v) is 10.5. The van der Waals surface area contributed by atoms with Gasteiger partial charge in [0, 0.05) is 56.3 Å². The van der Waals surface area contributed by atoms with E-state index in [4.69, 9.17) is 0 Å². The molecule has 1 unspecified atom stereocenters. The van der Waals surface area contributed by atoms with Gasteiger partial charge in [-0.25, -0.2) is 9.97 Å². The van der Waals surface area contributed by atoms with Crippen LogP contribution in [0.3, 0.4) is 0 Å². The van der Waals surface area contributed by atoms with E-state index in [9.17, 15) is 9.59 Å². The zero-order valence-corrected chi connectivity index (χ0v) is 17.9. The molecule has 0 saturated carbocycles. The summed E-state index contributed by atoms with van der Waals surface area (Å²) in [6.45, 7) is 9.30. The van der Waals surface area contributed by atoms with Crippen molar-refractivity contribution in [3.05, 3.63) is 42.7 Å². The molecule has 1 aromatic heterocycles. The number of piperazine rings is 1. The van der Waals surface area contributed by atoms with Crippen LogP contribution in [0.1, 0.15) is 27.2 Å². The normalized spacial score (nSPS) is 20.0. The van der Waals surface area contributed by atoms with E-state index in [-0.39, 0.29) is 23.3 Å². The van der Waals surface area contributed by atoms with Crippen LogP contribution in [0.15, 0.2) is 42.7 Å². The van der Waals surface area contributed by atoms with Gasteiger partial charge in [0.15, 0.2) is 0 Å². The third-order valence-electron chi connectivity index (χ3n) is 5.92. The molecule has 7 heteroatoms. The Bertz CT molecular complexity index is 917. The molecule has 2 aliphatic heterocycles. The molecule has 0 aliphatic carbocycles. The molecule has 0 spiro atoms. The summed E-state index contributed by atoms with van der Waals surface area (Å²) in [5, 5.41) is 0. The van der Waals surface area contributed by atoms with E-state index >= 15 is 0 Å². The first-order chi connectivity index (χ1) is 14.3. The summed E-state index contributed by atoms with van der Waals surface area (Å²) in [7, 11) is 0. The lowest BCUT2D eigenvalue weighted by Gasteiger charge is -2.37. The van der Waals surface area contributed by atoms with Gasteiger partial charge >= 0.3 is 0 Å². The van der Waals surface area contributed by atoms with Crippen molar-refractivity contribution in [3.8, 4) is 11.3 Å². The van der Waals surface area contributed by atoms with Crippen molar-refractivity contribution < 1.29 is 9.59 Å². The molecule has 158 valence electrons. The standard InChI is InChI=1S/C23H29N5O2/c1-23(2,3)28-15-18(13-21(28)29)22(30)27-11-9-26(10-12-27)20-14-19(24-16-25-20)17-7-5-4-6-8-17/h4-8,14,16,18H,9-13,15H2,1-3H3. The van der Waals surface area contributed by atoms with Crippen molar-refractivity contribution >= 4 is 17.6 Å². The van der Waals surface area contributed by atoms with Gasteiger partial charge in [0.2, 0.25) is 11.8 Å². The molecule has 2 fully saturated rings. The van der Waals surface area contributed by atoms with E-state index in [2.05, 4.69) is 14.9 Å². The molecule has 0 N–H and O–H groups in total. The van der Waals surface area contributed by atoms with Crippen molar-refractivity contribution in [1.29, 1.82) is 0 Å². The Balaban J connectivity index is 1.38. The molecule has 1 atom stereocenters. The third kappa shape index (κ3) is 4.15.